The lowest BCUT2D eigenvalue weighted by Crippen LogP contribution is -2.61. The Morgan fingerprint density at radius 3 is 1.93 bits per heavy atom. The van der Waals surface area contributed by atoms with Crippen LogP contribution < -0.4 is 21.3 Å². The van der Waals surface area contributed by atoms with Crippen LogP contribution in [0.2, 0.25) is 0 Å². The van der Waals surface area contributed by atoms with Gasteiger partial charge in [0.1, 0.15) is 37.1 Å². The lowest BCUT2D eigenvalue weighted by atomic mass is 9.92. The molecule has 0 bridgehead atoms. The Morgan fingerprint density at radius 1 is 0.897 bits per heavy atom. The van der Waals surface area contributed by atoms with Gasteiger partial charge in [0, 0.05) is 13.5 Å². The minimum Gasteiger partial charge on any atom is -0.478 e. The van der Waals surface area contributed by atoms with E-state index in [1.165, 1.54) is 0 Å². The van der Waals surface area contributed by atoms with E-state index in [1.54, 1.807) is 41.5 Å². The summed E-state index contributed by atoms with van der Waals surface area (Å²) in [4.78, 5) is 79.7. The highest BCUT2D eigenvalue weighted by atomic mass is 16.8. The van der Waals surface area contributed by atoms with Crippen molar-refractivity contribution >= 4 is 42.1 Å². The van der Waals surface area contributed by atoms with E-state index >= 15 is 0 Å². The number of aliphatic imine (C=N–C) groups is 1. The van der Waals surface area contributed by atoms with Crippen LogP contribution in [0.3, 0.4) is 0 Å². The average molecular weight is 830 g/mol. The van der Waals surface area contributed by atoms with E-state index in [9.17, 15) is 33.9 Å². The van der Waals surface area contributed by atoms with Gasteiger partial charge in [0.2, 0.25) is 23.5 Å². The van der Waals surface area contributed by atoms with Crippen LogP contribution in [-0.2, 0) is 61.8 Å². The summed E-state index contributed by atoms with van der Waals surface area (Å²) in [5.41, 5.74) is -1.95. The van der Waals surface area contributed by atoms with Crippen molar-refractivity contribution in [3.8, 4) is 12.3 Å². The van der Waals surface area contributed by atoms with Crippen LogP contribution in [0.1, 0.15) is 48.5 Å². The molecular weight excluding hydrogens is 774 g/mol. The number of nitrogens with one attached hydrogen (secondary N) is 4. The number of carboxylic acid groups (broad SMARTS) is 1. The molecule has 0 aromatic carbocycles. The van der Waals surface area contributed by atoms with E-state index < -0.39 is 103 Å². The summed E-state index contributed by atoms with van der Waals surface area (Å²) in [6, 6.07) is -2.78. The van der Waals surface area contributed by atoms with Crippen molar-refractivity contribution in [3.63, 3.8) is 0 Å². The number of ether oxygens (including phenoxy) is 10. The first-order chi connectivity index (χ1) is 27.3. The highest BCUT2D eigenvalue weighted by Crippen LogP contribution is 2.29. The van der Waals surface area contributed by atoms with E-state index in [-0.39, 0.29) is 33.0 Å². The Balaban J connectivity index is 2.21. The van der Waals surface area contributed by atoms with Crippen molar-refractivity contribution < 1.29 is 81.2 Å². The molecule has 0 unspecified atom stereocenters. The van der Waals surface area contributed by atoms with Gasteiger partial charge in [-0.05, 0) is 47.6 Å². The zero-order valence-electron chi connectivity index (χ0n) is 33.7. The minimum atomic E-state index is -1.58. The highest BCUT2D eigenvalue weighted by molar-refractivity contribution is 6.01. The summed E-state index contributed by atoms with van der Waals surface area (Å²) in [6.45, 7) is 12.1. The van der Waals surface area contributed by atoms with Gasteiger partial charge in [0.25, 0.3) is 0 Å². The molecule has 58 heavy (non-hydrogen) atoms. The predicted molar refractivity (Wildman–Crippen MR) is 199 cm³/mol. The molecule has 4 amide bonds. The number of terminal acetylenes is 1. The van der Waals surface area contributed by atoms with Crippen LogP contribution in [0.15, 0.2) is 16.8 Å². The van der Waals surface area contributed by atoms with Gasteiger partial charge < -0.3 is 63.1 Å². The van der Waals surface area contributed by atoms with Crippen LogP contribution in [0.5, 0.6) is 0 Å². The van der Waals surface area contributed by atoms with Gasteiger partial charge in [-0.15, -0.1) is 6.42 Å². The smallest absolute Gasteiger partial charge is 0.478 e. The molecule has 2 aliphatic rings. The van der Waals surface area contributed by atoms with Crippen molar-refractivity contribution in [2.24, 2.45) is 4.99 Å². The van der Waals surface area contributed by atoms with Crippen LogP contribution in [0.4, 0.5) is 14.4 Å². The molecule has 2 heterocycles. The highest BCUT2D eigenvalue weighted by Gasteiger charge is 2.49. The fraction of sp³-hybridized carbons (Fsp3) is 0.694. The number of alkyl carbamates (subject to hydrolysis) is 2. The summed E-state index contributed by atoms with van der Waals surface area (Å²) >= 11 is 0. The number of guanidine groups is 1. The summed E-state index contributed by atoms with van der Waals surface area (Å²) in [6.07, 6.45) is -1.36. The molecule has 2 aliphatic heterocycles. The summed E-state index contributed by atoms with van der Waals surface area (Å²) in [5.74, 6) is -1.76. The zero-order valence-corrected chi connectivity index (χ0v) is 33.7. The van der Waals surface area contributed by atoms with Crippen molar-refractivity contribution in [3.05, 3.63) is 11.8 Å². The van der Waals surface area contributed by atoms with Crippen molar-refractivity contribution in [2.45, 2.75) is 90.1 Å². The Morgan fingerprint density at radius 2 is 1.45 bits per heavy atom. The van der Waals surface area contributed by atoms with E-state index in [4.69, 9.17) is 53.8 Å². The number of carbonyl (C=O) groups is 6. The maximum atomic E-state index is 12.8. The minimum absolute atomic E-state index is 0.0738. The second-order valence-electron chi connectivity index (χ2n) is 14.3. The van der Waals surface area contributed by atoms with Gasteiger partial charge in [0.05, 0.1) is 58.3 Å². The van der Waals surface area contributed by atoms with Gasteiger partial charge in [-0.1, -0.05) is 5.92 Å². The normalized spacial score (nSPS) is 19.4. The van der Waals surface area contributed by atoms with Crippen LogP contribution >= 0.6 is 0 Å². The molecule has 22 heteroatoms. The number of hydrogen-bond donors (Lipinski definition) is 5. The quantitative estimate of drug-likeness (QED) is 0.0261. The van der Waals surface area contributed by atoms with Crippen molar-refractivity contribution in [1.29, 1.82) is 0 Å². The van der Waals surface area contributed by atoms with E-state index in [0.29, 0.717) is 26.4 Å². The first-order valence-corrected chi connectivity index (χ1v) is 18.2. The molecule has 5 atom stereocenters. The zero-order chi connectivity index (χ0) is 43.3. The standard InChI is InChI=1S/C36H55N5O17/c1-9-11-49-13-15-51-17-18-52-16-14-50-12-10-37-26(43)21-53-28(25-20-54-34(48)56-25)29-27(38-22(2)42)23(19-24(55-29)30(44)45)39-31(40-32(46)57-35(3,4)5)41-33(47)58-36(6,7)8/h1,19,23,25,27-29H,10-18,20-21H2,2-8H3,(H,37,43)(H,38,42)(H,44,45)(H2,39,40,41,46,47)/t23-,25+,27+,28+,29+/m0/s1. The maximum absolute atomic E-state index is 12.8. The first kappa shape index (κ1) is 48.9. The van der Waals surface area contributed by atoms with Gasteiger partial charge >= 0.3 is 24.3 Å². The van der Waals surface area contributed by atoms with Crippen LogP contribution in [0.25, 0.3) is 0 Å². The molecule has 5 N–H and O–H groups in total. The Labute approximate surface area is 336 Å². The average Bonchev–Trinajstić information content (AvgIpc) is 3.53. The number of carbonyl (C=O) groups excluding carboxylic acids is 5. The topological polar surface area (TPSA) is 275 Å². The number of nitrogens with zero attached hydrogens (tertiary/aromatic N) is 1. The number of cyclic esters (lactones) is 2. The molecule has 1 fully saturated rings. The fourth-order valence-corrected chi connectivity index (χ4v) is 4.86. The molecule has 22 nitrogen and oxygen atoms in total. The van der Waals surface area contributed by atoms with Gasteiger partial charge in [-0.25, -0.2) is 24.2 Å². The predicted octanol–water partition coefficient (Wildman–Crippen LogP) is 0.369. The second kappa shape index (κ2) is 24.5. The molecule has 0 saturated carbocycles. The summed E-state index contributed by atoms with van der Waals surface area (Å²) in [5, 5.41) is 19.8. The lowest BCUT2D eigenvalue weighted by Gasteiger charge is -2.40. The SMILES string of the molecule is C#CCOCCOCCOCCOCCNC(=O)CO[C@@H]([C@@H]1OC(C(=O)O)=C[C@H](N=C(NC(=O)OC(C)(C)C)NC(=O)OC(C)(C)C)[C@H]1NC(C)=O)[C@H]1COC(=O)O1. The van der Waals surface area contributed by atoms with Crippen LogP contribution in [-0.4, -0.2) is 161 Å². The molecular formula is C36H55N5O17. The molecule has 1 saturated heterocycles. The second-order valence-corrected chi connectivity index (χ2v) is 14.3. The fourth-order valence-electron chi connectivity index (χ4n) is 4.86. The lowest BCUT2D eigenvalue weighted by molar-refractivity contribution is -0.153. The number of rotatable bonds is 21. The third-order valence-electron chi connectivity index (χ3n) is 6.98. The van der Waals surface area contributed by atoms with Gasteiger partial charge in [-0.2, -0.15) is 0 Å². The van der Waals surface area contributed by atoms with E-state index in [1.807, 2.05) is 0 Å². The van der Waals surface area contributed by atoms with Crippen LogP contribution in [0, 0.1) is 12.3 Å². The Hall–Kier alpha value is -5.21. The third-order valence-corrected chi connectivity index (χ3v) is 6.98. The summed E-state index contributed by atoms with van der Waals surface area (Å²) < 4.78 is 53.7. The molecule has 0 aliphatic carbocycles. The third kappa shape index (κ3) is 20.3. The Bertz CT molecular complexity index is 1470. The molecule has 0 aromatic heterocycles. The van der Waals surface area contributed by atoms with Gasteiger partial charge in [0.15, 0.2) is 12.2 Å². The number of amides is 4. The Kier molecular flexibility index (Phi) is 20.7. The largest absolute Gasteiger partial charge is 0.508 e. The number of aliphatic carboxylic acids is 1. The van der Waals surface area contributed by atoms with Crippen molar-refractivity contribution in [1.82, 2.24) is 21.3 Å². The van der Waals surface area contributed by atoms with E-state index in [0.717, 1.165) is 13.0 Å². The molecule has 0 radical (unpaired) electrons. The summed E-state index contributed by atoms with van der Waals surface area (Å²) in [7, 11) is 0. The molecule has 326 valence electrons. The number of carboxylic acids is 1. The number of hydrogen-bond acceptors (Lipinski definition) is 17. The van der Waals surface area contributed by atoms with Gasteiger partial charge in [-0.3, -0.25) is 20.2 Å². The van der Waals surface area contributed by atoms with Crippen molar-refractivity contribution in [2.75, 3.05) is 72.6 Å². The first-order valence-electron chi connectivity index (χ1n) is 18.2. The molecule has 2 rings (SSSR count). The monoisotopic (exact) mass is 829 g/mol. The maximum Gasteiger partial charge on any atom is 0.508 e. The van der Waals surface area contributed by atoms with E-state index in [2.05, 4.69) is 32.2 Å². The molecule has 0 aromatic rings. The molecule has 0 spiro atoms.